The number of phenols is 5. The molecular weight excluding hydrogens is 661 g/mol. The van der Waals surface area contributed by atoms with Gasteiger partial charge in [0.05, 0.1) is 5.69 Å². The van der Waals surface area contributed by atoms with Crippen molar-refractivity contribution < 1.29 is 25.5 Å². The van der Waals surface area contributed by atoms with E-state index in [0.717, 1.165) is 74.1 Å². The molecule has 2 aliphatic rings. The highest BCUT2D eigenvalue weighted by molar-refractivity contribution is 6.28. The van der Waals surface area contributed by atoms with Gasteiger partial charge in [-0.25, -0.2) is 0 Å². The molecule has 7 heteroatoms. The second-order valence-corrected chi connectivity index (χ2v) is 14.8. The molecule has 1 aliphatic carbocycles. The summed E-state index contributed by atoms with van der Waals surface area (Å²) in [6, 6.07) is 39.7. The molecule has 8 aromatic carbocycles. The Labute approximate surface area is 305 Å². The minimum absolute atomic E-state index is 0.258. The third-order valence-electron chi connectivity index (χ3n) is 11.7. The number of rotatable bonds is 4. The maximum atomic E-state index is 11.5. The van der Waals surface area contributed by atoms with E-state index in [-0.39, 0.29) is 11.1 Å². The van der Waals surface area contributed by atoms with Gasteiger partial charge in [0.25, 0.3) is 0 Å². The third kappa shape index (κ3) is 4.22. The number of benzene rings is 8. The van der Waals surface area contributed by atoms with Crippen LogP contribution in [0.15, 0.2) is 115 Å². The van der Waals surface area contributed by atoms with Gasteiger partial charge >= 0.3 is 0 Å². The number of aryl methyl sites for hydroxylation is 1. The summed E-state index contributed by atoms with van der Waals surface area (Å²) in [7, 11) is 0. The molecule has 0 atom stereocenters. The van der Waals surface area contributed by atoms with Crippen LogP contribution in [0, 0.1) is 0 Å². The monoisotopic (exact) mass is 696 g/mol. The van der Waals surface area contributed by atoms with E-state index in [1.54, 1.807) is 4.90 Å². The van der Waals surface area contributed by atoms with Crippen LogP contribution >= 0.6 is 0 Å². The lowest BCUT2D eigenvalue weighted by Gasteiger charge is -2.33. The third-order valence-corrected chi connectivity index (χ3v) is 11.7. The Morgan fingerprint density at radius 3 is 1.98 bits per heavy atom. The first-order valence-electron chi connectivity index (χ1n) is 17.9. The van der Waals surface area contributed by atoms with Gasteiger partial charge in [0, 0.05) is 39.8 Å². The molecule has 5 N–H and O–H groups in total. The first kappa shape index (κ1) is 31.2. The highest BCUT2D eigenvalue weighted by Gasteiger charge is 2.37. The molecule has 260 valence electrons. The largest absolute Gasteiger partial charge is 0.503 e. The first-order valence-corrected chi connectivity index (χ1v) is 17.9. The number of fused-ring (bicyclic) bond motifs is 4. The Morgan fingerprint density at radius 1 is 0.566 bits per heavy atom. The summed E-state index contributed by atoms with van der Waals surface area (Å²) in [4.78, 5) is 4.08. The SMILES string of the molecule is CC1(C)c2ccccc2-c2ccc(N(c3c(O)c(O)c(O)c(O)c3O)c3ccc4ccc5c(N6CCCc7ccccc76)ccc6ccc3c4c65)cc21. The fourth-order valence-corrected chi connectivity index (χ4v) is 9.09. The van der Waals surface area contributed by atoms with E-state index in [1.165, 1.54) is 16.8 Å². The lowest BCUT2D eigenvalue weighted by molar-refractivity contribution is 0.329. The molecule has 10 rings (SSSR count). The molecule has 7 nitrogen and oxygen atoms in total. The molecule has 0 saturated carbocycles. The topological polar surface area (TPSA) is 108 Å². The number of para-hydroxylation sites is 1. The van der Waals surface area contributed by atoms with Gasteiger partial charge in [0.1, 0.15) is 5.69 Å². The molecule has 8 aromatic rings. The highest BCUT2D eigenvalue weighted by atomic mass is 16.4. The predicted molar refractivity (Wildman–Crippen MR) is 212 cm³/mol. The van der Waals surface area contributed by atoms with Gasteiger partial charge in [0.2, 0.25) is 17.2 Å². The van der Waals surface area contributed by atoms with Gasteiger partial charge < -0.3 is 35.3 Å². The number of anilines is 5. The molecule has 0 aromatic heterocycles. The van der Waals surface area contributed by atoms with Crippen molar-refractivity contribution in [2.75, 3.05) is 16.3 Å². The lowest BCUT2D eigenvalue weighted by Crippen LogP contribution is -2.24. The number of hydrogen-bond acceptors (Lipinski definition) is 7. The van der Waals surface area contributed by atoms with Crippen LogP contribution in [0.4, 0.5) is 28.4 Å². The fraction of sp³-hybridized carbons (Fsp3) is 0.130. The van der Waals surface area contributed by atoms with Crippen LogP contribution in [0.1, 0.15) is 37.0 Å². The molecule has 1 aliphatic heterocycles. The Morgan fingerprint density at radius 2 is 1.19 bits per heavy atom. The predicted octanol–water partition coefficient (Wildman–Crippen LogP) is 11.0. The summed E-state index contributed by atoms with van der Waals surface area (Å²) in [6.45, 7) is 5.26. The summed E-state index contributed by atoms with van der Waals surface area (Å²) >= 11 is 0. The molecule has 0 bridgehead atoms. The quantitative estimate of drug-likeness (QED) is 0.0708. The van der Waals surface area contributed by atoms with E-state index in [2.05, 4.69) is 85.5 Å². The van der Waals surface area contributed by atoms with E-state index in [1.807, 2.05) is 48.5 Å². The van der Waals surface area contributed by atoms with E-state index < -0.39 is 28.7 Å². The zero-order valence-corrected chi connectivity index (χ0v) is 29.2. The first-order chi connectivity index (χ1) is 25.6. The minimum Gasteiger partial charge on any atom is -0.503 e. The van der Waals surface area contributed by atoms with Gasteiger partial charge in [-0.2, -0.15) is 0 Å². The molecule has 1 heterocycles. The molecule has 0 amide bonds. The number of nitrogens with zero attached hydrogens (tertiary/aromatic N) is 2. The second kappa shape index (κ2) is 11.0. The average molecular weight is 697 g/mol. The smallest absolute Gasteiger partial charge is 0.208 e. The van der Waals surface area contributed by atoms with Crippen LogP contribution in [0.5, 0.6) is 28.7 Å². The minimum atomic E-state index is -1.00. The van der Waals surface area contributed by atoms with Crippen molar-refractivity contribution in [3.05, 3.63) is 132 Å². The van der Waals surface area contributed by atoms with Crippen molar-refractivity contribution >= 4 is 60.8 Å². The van der Waals surface area contributed by atoms with Crippen LogP contribution in [-0.4, -0.2) is 32.1 Å². The fourth-order valence-electron chi connectivity index (χ4n) is 9.09. The maximum Gasteiger partial charge on any atom is 0.208 e. The summed E-state index contributed by atoms with van der Waals surface area (Å²) in [6.07, 6.45) is 2.10. The Kier molecular flexibility index (Phi) is 6.44. The average Bonchev–Trinajstić information content (AvgIpc) is 3.42. The van der Waals surface area contributed by atoms with Crippen LogP contribution in [-0.2, 0) is 11.8 Å². The number of hydrogen-bond donors (Lipinski definition) is 5. The lowest BCUT2D eigenvalue weighted by atomic mass is 9.82. The van der Waals surface area contributed by atoms with Gasteiger partial charge in [-0.15, -0.1) is 0 Å². The van der Waals surface area contributed by atoms with Crippen LogP contribution in [0.3, 0.4) is 0 Å². The van der Waals surface area contributed by atoms with Crippen molar-refractivity contribution in [3.8, 4) is 39.9 Å². The van der Waals surface area contributed by atoms with E-state index in [0.29, 0.717) is 11.4 Å². The molecule has 0 fully saturated rings. The van der Waals surface area contributed by atoms with Crippen molar-refractivity contribution in [2.45, 2.75) is 32.1 Å². The molecule has 0 spiro atoms. The Bertz CT molecular complexity index is 2800. The van der Waals surface area contributed by atoms with Crippen molar-refractivity contribution in [1.29, 1.82) is 0 Å². The number of phenolic OH excluding ortho intramolecular Hbond substituents is 5. The molecule has 53 heavy (non-hydrogen) atoms. The van der Waals surface area contributed by atoms with E-state index in [4.69, 9.17) is 0 Å². The molecule has 0 unspecified atom stereocenters. The summed E-state index contributed by atoms with van der Waals surface area (Å²) in [5, 5.41) is 61.3. The molecular formula is C46H36N2O5. The maximum absolute atomic E-state index is 11.5. The summed E-state index contributed by atoms with van der Waals surface area (Å²) in [5.74, 6) is -4.40. The van der Waals surface area contributed by atoms with Gasteiger partial charge in [-0.05, 0) is 92.5 Å². The van der Waals surface area contributed by atoms with Crippen molar-refractivity contribution in [1.82, 2.24) is 0 Å². The number of aromatic hydroxyl groups is 5. The van der Waals surface area contributed by atoms with E-state index in [9.17, 15) is 25.5 Å². The Balaban J connectivity index is 1.25. The standard InChI is InChI=1S/C46H36N2O5/c1-46(2)33-11-5-4-10-29(33)30-20-17-28(24-34(30)46)48(40-41(49)43(51)45(53)44(52)42(40)50)37-22-16-27-13-18-31-36(21-15-26-14-19-32(37)39(27)38(26)31)47-23-7-9-25-8-3-6-12-35(25)47/h3-6,8,10-22,24,49-53H,7,9,23H2,1-2H3. The molecule has 0 radical (unpaired) electrons. The summed E-state index contributed by atoms with van der Waals surface area (Å²) in [5.41, 5.74) is 8.73. The van der Waals surface area contributed by atoms with Crippen LogP contribution < -0.4 is 9.80 Å². The van der Waals surface area contributed by atoms with Gasteiger partial charge in [0.15, 0.2) is 11.5 Å². The zero-order valence-electron chi connectivity index (χ0n) is 29.2. The highest BCUT2D eigenvalue weighted by Crippen LogP contribution is 2.60. The van der Waals surface area contributed by atoms with Crippen molar-refractivity contribution in [2.24, 2.45) is 0 Å². The van der Waals surface area contributed by atoms with Gasteiger partial charge in [-0.3, -0.25) is 0 Å². The summed E-state index contributed by atoms with van der Waals surface area (Å²) < 4.78 is 0. The normalized spacial score (nSPS) is 14.5. The zero-order chi connectivity index (χ0) is 36.3. The van der Waals surface area contributed by atoms with E-state index >= 15 is 0 Å². The Hall–Kier alpha value is -6.60. The second-order valence-electron chi connectivity index (χ2n) is 14.8. The van der Waals surface area contributed by atoms with Gasteiger partial charge in [-0.1, -0.05) is 98.8 Å². The van der Waals surface area contributed by atoms with Crippen LogP contribution in [0.25, 0.3) is 43.4 Å². The molecule has 0 saturated heterocycles. The van der Waals surface area contributed by atoms with Crippen molar-refractivity contribution in [3.63, 3.8) is 0 Å². The van der Waals surface area contributed by atoms with Crippen LogP contribution in [0.2, 0.25) is 0 Å².